The highest BCUT2D eigenvalue weighted by atomic mass is 19.3. The summed E-state index contributed by atoms with van der Waals surface area (Å²) in [5.74, 6) is -0.0134. The van der Waals surface area contributed by atoms with Crippen LogP contribution in [0.5, 0.6) is 11.5 Å². The van der Waals surface area contributed by atoms with Crippen LogP contribution in [0.4, 0.5) is 8.78 Å². The highest BCUT2D eigenvalue weighted by Gasteiger charge is 2.13. The highest BCUT2D eigenvalue weighted by molar-refractivity contribution is 5.84. The van der Waals surface area contributed by atoms with Crippen LogP contribution in [-0.4, -0.2) is 25.1 Å². The summed E-state index contributed by atoms with van der Waals surface area (Å²) in [6.45, 7) is -2.97. The van der Waals surface area contributed by atoms with Crippen molar-refractivity contribution in [3.05, 3.63) is 23.8 Å². The maximum absolute atomic E-state index is 12.1. The Morgan fingerprint density at radius 2 is 2.20 bits per heavy atom. The molecule has 0 saturated heterocycles. The summed E-state index contributed by atoms with van der Waals surface area (Å²) in [4.78, 5) is 0. The van der Waals surface area contributed by atoms with E-state index in [1.807, 2.05) is 0 Å². The molecular formula is C9H9F2NO3. The minimum atomic E-state index is -2.97. The minimum Gasteiger partial charge on any atom is -0.493 e. The SMILES string of the molecule is COc1cccc(/C=N/O)c1OC(F)F. The van der Waals surface area contributed by atoms with E-state index in [0.717, 1.165) is 6.21 Å². The van der Waals surface area contributed by atoms with E-state index in [1.54, 1.807) is 6.07 Å². The number of hydrogen-bond donors (Lipinski definition) is 1. The van der Waals surface area contributed by atoms with E-state index in [2.05, 4.69) is 9.89 Å². The monoisotopic (exact) mass is 217 g/mol. The number of halogens is 2. The fourth-order valence-corrected chi connectivity index (χ4v) is 1.07. The number of nitrogens with zero attached hydrogens (tertiary/aromatic N) is 1. The Morgan fingerprint density at radius 3 is 2.73 bits per heavy atom. The molecule has 0 heterocycles. The molecule has 0 aliphatic carbocycles. The van der Waals surface area contributed by atoms with Crippen molar-refractivity contribution in [3.63, 3.8) is 0 Å². The Balaban J connectivity index is 3.14. The van der Waals surface area contributed by atoms with E-state index in [9.17, 15) is 8.78 Å². The maximum Gasteiger partial charge on any atom is 0.387 e. The van der Waals surface area contributed by atoms with Gasteiger partial charge in [-0.05, 0) is 12.1 Å². The van der Waals surface area contributed by atoms with Crippen LogP contribution in [0.1, 0.15) is 5.56 Å². The van der Waals surface area contributed by atoms with Crippen molar-refractivity contribution in [3.8, 4) is 11.5 Å². The Morgan fingerprint density at radius 1 is 1.47 bits per heavy atom. The molecule has 0 unspecified atom stereocenters. The van der Waals surface area contributed by atoms with E-state index in [-0.39, 0.29) is 17.1 Å². The smallest absolute Gasteiger partial charge is 0.387 e. The number of alkyl halides is 2. The van der Waals surface area contributed by atoms with Crippen molar-refractivity contribution in [2.45, 2.75) is 6.61 Å². The number of methoxy groups -OCH3 is 1. The number of hydrogen-bond acceptors (Lipinski definition) is 4. The van der Waals surface area contributed by atoms with Gasteiger partial charge < -0.3 is 14.7 Å². The molecule has 1 aromatic carbocycles. The van der Waals surface area contributed by atoms with Crippen LogP contribution in [0.15, 0.2) is 23.4 Å². The minimum absolute atomic E-state index is 0.146. The average Bonchev–Trinajstić information content (AvgIpc) is 2.20. The molecule has 1 aromatic rings. The first-order chi connectivity index (χ1) is 7.19. The van der Waals surface area contributed by atoms with Crippen molar-refractivity contribution >= 4 is 6.21 Å². The van der Waals surface area contributed by atoms with Crippen molar-refractivity contribution in [2.24, 2.45) is 5.16 Å². The van der Waals surface area contributed by atoms with E-state index >= 15 is 0 Å². The van der Waals surface area contributed by atoms with Crippen molar-refractivity contribution in [2.75, 3.05) is 7.11 Å². The number of oxime groups is 1. The molecule has 0 atom stereocenters. The number of para-hydroxylation sites is 1. The van der Waals surface area contributed by atoms with Crippen LogP contribution < -0.4 is 9.47 Å². The van der Waals surface area contributed by atoms with Gasteiger partial charge in [0, 0.05) is 5.56 Å². The van der Waals surface area contributed by atoms with Crippen molar-refractivity contribution in [1.29, 1.82) is 0 Å². The van der Waals surface area contributed by atoms with Crippen LogP contribution in [0.25, 0.3) is 0 Å². The summed E-state index contributed by atoms with van der Waals surface area (Å²) in [7, 11) is 1.33. The van der Waals surface area contributed by atoms with Gasteiger partial charge in [0.25, 0.3) is 0 Å². The lowest BCUT2D eigenvalue weighted by atomic mass is 10.2. The van der Waals surface area contributed by atoms with Crippen LogP contribution in [0, 0.1) is 0 Å². The zero-order valence-corrected chi connectivity index (χ0v) is 7.85. The summed E-state index contributed by atoms with van der Waals surface area (Å²) in [6, 6.07) is 4.49. The molecule has 0 fully saturated rings. The Bertz CT molecular complexity index is 355. The molecule has 4 nitrogen and oxygen atoms in total. The summed E-state index contributed by atoms with van der Waals surface area (Å²) < 4.78 is 33.2. The third kappa shape index (κ3) is 2.80. The maximum atomic E-state index is 12.1. The van der Waals surface area contributed by atoms with E-state index in [4.69, 9.17) is 9.94 Å². The van der Waals surface area contributed by atoms with E-state index in [0.29, 0.717) is 0 Å². The third-order valence-electron chi connectivity index (χ3n) is 1.63. The average molecular weight is 217 g/mol. The third-order valence-corrected chi connectivity index (χ3v) is 1.63. The molecule has 6 heteroatoms. The van der Waals surface area contributed by atoms with Crippen LogP contribution >= 0.6 is 0 Å². The molecular weight excluding hydrogens is 208 g/mol. The van der Waals surface area contributed by atoms with Gasteiger partial charge in [-0.25, -0.2) is 0 Å². The Labute approximate surface area is 84.7 Å². The molecule has 15 heavy (non-hydrogen) atoms. The lowest BCUT2D eigenvalue weighted by molar-refractivity contribution is -0.0513. The predicted octanol–water partition coefficient (Wildman–Crippen LogP) is 2.10. The van der Waals surface area contributed by atoms with Gasteiger partial charge >= 0.3 is 6.61 Å². The lowest BCUT2D eigenvalue weighted by Gasteiger charge is -2.11. The molecule has 0 aromatic heterocycles. The topological polar surface area (TPSA) is 51.0 Å². The fraction of sp³-hybridized carbons (Fsp3) is 0.222. The zero-order chi connectivity index (χ0) is 11.3. The molecule has 1 N–H and O–H groups in total. The van der Waals surface area contributed by atoms with Crippen LogP contribution in [-0.2, 0) is 0 Å². The molecule has 0 spiro atoms. The van der Waals surface area contributed by atoms with Gasteiger partial charge in [0.05, 0.1) is 13.3 Å². The Kier molecular flexibility index (Phi) is 3.84. The molecule has 0 radical (unpaired) electrons. The molecule has 0 saturated carbocycles. The normalized spacial score (nSPS) is 10.9. The summed E-state index contributed by atoms with van der Waals surface area (Å²) in [5, 5.41) is 11.1. The number of rotatable bonds is 4. The highest BCUT2D eigenvalue weighted by Crippen LogP contribution is 2.31. The van der Waals surface area contributed by atoms with Crippen LogP contribution in [0.3, 0.4) is 0 Å². The van der Waals surface area contributed by atoms with Gasteiger partial charge in [0.1, 0.15) is 0 Å². The van der Waals surface area contributed by atoms with Gasteiger partial charge in [0.2, 0.25) is 0 Å². The van der Waals surface area contributed by atoms with Gasteiger partial charge in [0.15, 0.2) is 11.5 Å². The molecule has 0 aliphatic rings. The molecule has 1 rings (SSSR count). The van der Waals surface area contributed by atoms with Crippen molar-refractivity contribution < 1.29 is 23.5 Å². The summed E-state index contributed by atoms with van der Waals surface area (Å²) in [5.41, 5.74) is 0.206. The van der Waals surface area contributed by atoms with Crippen molar-refractivity contribution in [1.82, 2.24) is 0 Å². The first kappa shape index (κ1) is 11.2. The zero-order valence-electron chi connectivity index (χ0n) is 7.85. The van der Waals surface area contributed by atoms with E-state index in [1.165, 1.54) is 19.2 Å². The second kappa shape index (κ2) is 5.14. The van der Waals surface area contributed by atoms with E-state index < -0.39 is 6.61 Å². The van der Waals surface area contributed by atoms with Gasteiger partial charge in [-0.3, -0.25) is 0 Å². The standard InChI is InChI=1S/C9H9F2NO3/c1-14-7-4-2-3-6(5-12-13)8(7)15-9(10)11/h2-5,9,13H,1H3/b12-5+. The second-order valence-electron chi connectivity index (χ2n) is 2.50. The lowest BCUT2D eigenvalue weighted by Crippen LogP contribution is -2.06. The first-order valence-electron chi connectivity index (χ1n) is 3.98. The molecule has 0 amide bonds. The molecule has 0 bridgehead atoms. The van der Waals surface area contributed by atoms with Crippen LogP contribution in [0.2, 0.25) is 0 Å². The summed E-state index contributed by atoms with van der Waals surface area (Å²) in [6.07, 6.45) is 0.986. The quantitative estimate of drug-likeness (QED) is 0.477. The summed E-state index contributed by atoms with van der Waals surface area (Å²) >= 11 is 0. The Hall–Kier alpha value is -1.85. The van der Waals surface area contributed by atoms with Gasteiger partial charge in [-0.15, -0.1) is 0 Å². The second-order valence-corrected chi connectivity index (χ2v) is 2.50. The fourth-order valence-electron chi connectivity index (χ4n) is 1.07. The number of benzene rings is 1. The largest absolute Gasteiger partial charge is 0.493 e. The molecule has 82 valence electrons. The van der Waals surface area contributed by atoms with Gasteiger partial charge in [-0.2, -0.15) is 8.78 Å². The van der Waals surface area contributed by atoms with Gasteiger partial charge in [-0.1, -0.05) is 11.2 Å². The number of ether oxygens (including phenoxy) is 2. The predicted molar refractivity (Wildman–Crippen MR) is 49.0 cm³/mol. The molecule has 0 aliphatic heterocycles. The first-order valence-corrected chi connectivity index (χ1v) is 3.98.